The molecule has 0 spiro atoms. The summed E-state index contributed by atoms with van der Waals surface area (Å²) in [5.74, 6) is 1.66. The van der Waals surface area contributed by atoms with Gasteiger partial charge in [-0.05, 0) is 18.2 Å². The van der Waals surface area contributed by atoms with Crippen LogP contribution in [-0.4, -0.2) is 13.2 Å². The van der Waals surface area contributed by atoms with E-state index in [0.29, 0.717) is 13.2 Å². The van der Waals surface area contributed by atoms with Crippen molar-refractivity contribution in [3.8, 4) is 33.4 Å². The topological polar surface area (TPSA) is 66.0 Å². The molecule has 0 amide bonds. The highest BCUT2D eigenvalue weighted by molar-refractivity contribution is 7.31. The van der Waals surface area contributed by atoms with E-state index in [4.69, 9.17) is 20.0 Å². The van der Waals surface area contributed by atoms with E-state index in [-0.39, 0.29) is 5.57 Å². The van der Waals surface area contributed by atoms with Gasteiger partial charge in [-0.15, -0.1) is 34.0 Å². The molecule has 7 heteroatoms. The summed E-state index contributed by atoms with van der Waals surface area (Å²) in [7, 11) is 0. The summed E-state index contributed by atoms with van der Waals surface area (Å²) in [5.41, 5.74) is 0.122. The van der Waals surface area contributed by atoms with Crippen LogP contribution in [0.25, 0.3) is 25.2 Å². The first-order valence-electron chi connectivity index (χ1n) is 6.71. The van der Waals surface area contributed by atoms with Crippen LogP contribution in [-0.2, 0) is 0 Å². The van der Waals surface area contributed by atoms with Gasteiger partial charge in [-0.2, -0.15) is 10.5 Å². The monoisotopic (exact) mass is 356 g/mol. The summed E-state index contributed by atoms with van der Waals surface area (Å²) in [4.78, 5) is 3.17. The van der Waals surface area contributed by atoms with Crippen molar-refractivity contribution in [1.29, 1.82) is 10.5 Å². The van der Waals surface area contributed by atoms with Gasteiger partial charge in [0.25, 0.3) is 0 Å². The summed E-state index contributed by atoms with van der Waals surface area (Å²) in [6.07, 6.45) is 1.63. The van der Waals surface area contributed by atoms with Gasteiger partial charge in [-0.3, -0.25) is 0 Å². The number of fused-ring (bicyclic) bond motifs is 2. The Morgan fingerprint density at radius 3 is 2.65 bits per heavy atom. The molecule has 0 aliphatic carbocycles. The van der Waals surface area contributed by atoms with Gasteiger partial charge in [0.15, 0.2) is 11.5 Å². The van der Waals surface area contributed by atoms with E-state index in [9.17, 15) is 0 Å². The van der Waals surface area contributed by atoms with Crippen molar-refractivity contribution >= 4 is 49.5 Å². The van der Waals surface area contributed by atoms with Gasteiger partial charge in [0.05, 0.1) is 9.75 Å². The number of rotatable bonds is 2. The second-order valence-corrected chi connectivity index (χ2v) is 7.80. The van der Waals surface area contributed by atoms with Gasteiger partial charge in [0.1, 0.15) is 30.9 Å². The third-order valence-electron chi connectivity index (χ3n) is 3.28. The molecule has 0 aromatic carbocycles. The van der Waals surface area contributed by atoms with Crippen LogP contribution in [0.2, 0.25) is 0 Å². The second kappa shape index (κ2) is 5.71. The molecule has 0 unspecified atom stereocenters. The van der Waals surface area contributed by atoms with E-state index in [0.717, 1.165) is 35.5 Å². The van der Waals surface area contributed by atoms with Crippen LogP contribution in [0.3, 0.4) is 0 Å². The zero-order valence-corrected chi connectivity index (χ0v) is 14.1. The summed E-state index contributed by atoms with van der Waals surface area (Å²) in [6.45, 7) is 1.18. The maximum Gasteiger partial charge on any atom is 0.180 e. The van der Waals surface area contributed by atoms with Crippen LogP contribution in [0.4, 0.5) is 0 Å². The van der Waals surface area contributed by atoms with Crippen LogP contribution >= 0.6 is 34.0 Å². The highest BCUT2D eigenvalue weighted by Gasteiger charge is 2.21. The molecule has 3 aromatic rings. The maximum absolute atomic E-state index is 8.84. The van der Waals surface area contributed by atoms with E-state index in [2.05, 4.69) is 6.07 Å². The number of ether oxygens (including phenoxy) is 2. The van der Waals surface area contributed by atoms with E-state index in [1.807, 2.05) is 23.6 Å². The lowest BCUT2D eigenvalue weighted by Crippen LogP contribution is -2.14. The molecule has 0 fully saturated rings. The first kappa shape index (κ1) is 14.3. The molecule has 23 heavy (non-hydrogen) atoms. The number of nitrogens with zero attached hydrogens (tertiary/aromatic N) is 2. The van der Waals surface area contributed by atoms with Gasteiger partial charge in [0, 0.05) is 19.7 Å². The Kier molecular flexibility index (Phi) is 3.55. The van der Waals surface area contributed by atoms with E-state index in [1.54, 1.807) is 40.1 Å². The van der Waals surface area contributed by atoms with Crippen LogP contribution in [0.1, 0.15) is 4.88 Å². The summed E-state index contributed by atoms with van der Waals surface area (Å²) < 4.78 is 13.6. The zero-order chi connectivity index (χ0) is 15.8. The minimum atomic E-state index is 0.122. The Morgan fingerprint density at radius 2 is 1.87 bits per heavy atom. The first-order valence-corrected chi connectivity index (χ1v) is 9.22. The molecule has 0 N–H and O–H groups in total. The number of allylic oxidation sites excluding steroid dienone is 1. The first-order chi connectivity index (χ1) is 11.3. The molecule has 4 heterocycles. The SMILES string of the molecule is N#CC(C#N)=Cc1cc2sc(-c3scc4c3OCCO4)cc2s1. The minimum absolute atomic E-state index is 0.122. The van der Waals surface area contributed by atoms with Gasteiger partial charge in [0.2, 0.25) is 0 Å². The van der Waals surface area contributed by atoms with Crippen molar-refractivity contribution in [2.45, 2.75) is 0 Å². The molecule has 4 nitrogen and oxygen atoms in total. The molecule has 3 aromatic heterocycles. The fourth-order valence-corrected chi connectivity index (χ4v) is 5.70. The van der Waals surface area contributed by atoms with Crippen molar-refractivity contribution in [2.75, 3.05) is 13.2 Å². The van der Waals surface area contributed by atoms with Crippen molar-refractivity contribution in [3.05, 3.63) is 28.0 Å². The van der Waals surface area contributed by atoms with Gasteiger partial charge < -0.3 is 9.47 Å². The van der Waals surface area contributed by atoms with Gasteiger partial charge in [-0.25, -0.2) is 0 Å². The fraction of sp³-hybridized carbons (Fsp3) is 0.125. The molecular weight excluding hydrogens is 348 g/mol. The van der Waals surface area contributed by atoms with E-state index >= 15 is 0 Å². The molecule has 0 bridgehead atoms. The maximum atomic E-state index is 8.84. The Balaban J connectivity index is 1.73. The summed E-state index contributed by atoms with van der Waals surface area (Å²) in [6, 6.07) is 7.92. The van der Waals surface area contributed by atoms with Crippen LogP contribution < -0.4 is 9.47 Å². The molecule has 1 aliphatic rings. The smallest absolute Gasteiger partial charge is 0.180 e. The Morgan fingerprint density at radius 1 is 1.09 bits per heavy atom. The number of hydrogen-bond acceptors (Lipinski definition) is 7. The highest BCUT2D eigenvalue weighted by atomic mass is 32.1. The summed E-state index contributed by atoms with van der Waals surface area (Å²) >= 11 is 4.88. The average molecular weight is 356 g/mol. The quantitative estimate of drug-likeness (QED) is 0.613. The number of thiophene rings is 3. The van der Waals surface area contributed by atoms with Crippen LogP contribution in [0.5, 0.6) is 11.5 Å². The molecular formula is C16H8N2O2S3. The third kappa shape index (κ3) is 2.49. The minimum Gasteiger partial charge on any atom is -0.485 e. The lowest BCUT2D eigenvalue weighted by Gasteiger charge is -2.15. The largest absolute Gasteiger partial charge is 0.485 e. The Bertz CT molecular complexity index is 963. The lowest BCUT2D eigenvalue weighted by molar-refractivity contribution is 0.174. The molecule has 0 saturated heterocycles. The molecule has 4 rings (SSSR count). The zero-order valence-electron chi connectivity index (χ0n) is 11.7. The highest BCUT2D eigenvalue weighted by Crippen LogP contribution is 2.49. The van der Waals surface area contributed by atoms with Gasteiger partial charge in [-0.1, -0.05) is 0 Å². The number of hydrogen-bond donors (Lipinski definition) is 0. The Labute approximate surface area is 144 Å². The molecule has 0 atom stereocenters. The van der Waals surface area contributed by atoms with Crippen LogP contribution in [0.15, 0.2) is 23.1 Å². The molecule has 112 valence electrons. The van der Waals surface area contributed by atoms with Crippen molar-refractivity contribution in [1.82, 2.24) is 0 Å². The van der Waals surface area contributed by atoms with Crippen molar-refractivity contribution < 1.29 is 9.47 Å². The third-order valence-corrected chi connectivity index (χ3v) is 6.64. The van der Waals surface area contributed by atoms with Crippen LogP contribution in [0, 0.1) is 22.7 Å². The van der Waals surface area contributed by atoms with E-state index in [1.165, 1.54) is 0 Å². The predicted octanol–water partition coefficient (Wildman–Crippen LogP) is 4.89. The average Bonchev–Trinajstić information content (AvgIpc) is 3.24. The second-order valence-electron chi connectivity index (χ2n) is 4.72. The number of nitriles is 2. The molecule has 1 aliphatic heterocycles. The summed E-state index contributed by atoms with van der Waals surface area (Å²) in [5, 5.41) is 19.7. The molecule has 0 radical (unpaired) electrons. The normalized spacial score (nSPS) is 12.6. The predicted molar refractivity (Wildman–Crippen MR) is 93.2 cm³/mol. The van der Waals surface area contributed by atoms with E-state index < -0.39 is 0 Å². The Hall–Kier alpha value is -2.32. The fourth-order valence-electron chi connectivity index (χ4n) is 2.30. The van der Waals surface area contributed by atoms with Gasteiger partial charge >= 0.3 is 0 Å². The van der Waals surface area contributed by atoms with Crippen molar-refractivity contribution in [3.63, 3.8) is 0 Å². The lowest BCUT2D eigenvalue weighted by atomic mass is 10.3. The van der Waals surface area contributed by atoms with Crippen molar-refractivity contribution in [2.24, 2.45) is 0 Å². The molecule has 0 saturated carbocycles. The standard InChI is InChI=1S/C16H8N2O2S3/c17-6-9(7-18)3-10-4-12-13(22-10)5-14(23-12)16-15-11(8-21-16)19-1-2-20-15/h3-5,8H,1-2H2.